The van der Waals surface area contributed by atoms with Gasteiger partial charge in [-0.25, -0.2) is 0 Å². The molecule has 0 heterocycles. The van der Waals surface area contributed by atoms with E-state index in [1.165, 1.54) is 0 Å². The molecule has 1 rings (SSSR count). The van der Waals surface area contributed by atoms with Crippen LogP contribution in [0.5, 0.6) is 0 Å². The summed E-state index contributed by atoms with van der Waals surface area (Å²) < 4.78 is 1.02. The molecular formula is C12H17BrO. The molecule has 1 atom stereocenters. The molecule has 0 fully saturated rings. The van der Waals surface area contributed by atoms with Crippen LogP contribution in [0.4, 0.5) is 0 Å². The second kappa shape index (κ2) is 4.45. The highest BCUT2D eigenvalue weighted by atomic mass is 79.9. The maximum atomic E-state index is 10.5. The predicted molar refractivity (Wildman–Crippen MR) is 63.2 cm³/mol. The van der Waals surface area contributed by atoms with Crippen LogP contribution in [0.2, 0.25) is 0 Å². The van der Waals surface area contributed by atoms with Gasteiger partial charge in [-0.05, 0) is 30.0 Å². The molecule has 1 aromatic carbocycles. The van der Waals surface area contributed by atoms with E-state index in [1.54, 1.807) is 0 Å². The lowest BCUT2D eigenvalue weighted by Crippen LogP contribution is -2.31. The summed E-state index contributed by atoms with van der Waals surface area (Å²) in [6, 6.07) is 7.90. The maximum Gasteiger partial charge on any atom is 0.0917 e. The van der Waals surface area contributed by atoms with Crippen LogP contribution in [-0.2, 0) is 5.60 Å². The Balaban J connectivity index is 3.12. The molecule has 2 heteroatoms. The van der Waals surface area contributed by atoms with Gasteiger partial charge in [0.15, 0.2) is 0 Å². The Hall–Kier alpha value is -0.340. The molecule has 0 radical (unpaired) electrons. The zero-order valence-electron chi connectivity index (χ0n) is 8.92. The molecule has 78 valence electrons. The summed E-state index contributed by atoms with van der Waals surface area (Å²) in [5, 5.41) is 10.5. The van der Waals surface area contributed by atoms with E-state index in [2.05, 4.69) is 15.9 Å². The quantitative estimate of drug-likeness (QED) is 0.875. The Kier molecular flexibility index (Phi) is 3.73. The standard InChI is InChI=1S/C12H17BrO/c1-4-12(14,9(2)3)10-6-5-7-11(13)8-10/h5-9,14H,4H2,1-3H3. The monoisotopic (exact) mass is 256 g/mol. The number of halogens is 1. The van der Waals surface area contributed by atoms with Gasteiger partial charge in [0.1, 0.15) is 0 Å². The van der Waals surface area contributed by atoms with Crippen molar-refractivity contribution in [1.82, 2.24) is 0 Å². The van der Waals surface area contributed by atoms with Crippen LogP contribution >= 0.6 is 15.9 Å². The highest BCUT2D eigenvalue weighted by Gasteiger charge is 2.30. The molecule has 0 saturated heterocycles. The highest BCUT2D eigenvalue weighted by molar-refractivity contribution is 9.10. The predicted octanol–water partition coefficient (Wildman–Crippen LogP) is 3.70. The number of hydrogen-bond acceptors (Lipinski definition) is 1. The van der Waals surface area contributed by atoms with Crippen molar-refractivity contribution in [2.45, 2.75) is 32.8 Å². The first-order chi connectivity index (χ1) is 6.50. The summed E-state index contributed by atoms with van der Waals surface area (Å²) in [4.78, 5) is 0. The van der Waals surface area contributed by atoms with Gasteiger partial charge in [-0.1, -0.05) is 48.8 Å². The highest BCUT2D eigenvalue weighted by Crippen LogP contribution is 2.33. The zero-order valence-corrected chi connectivity index (χ0v) is 10.5. The molecule has 0 aliphatic rings. The van der Waals surface area contributed by atoms with E-state index in [-0.39, 0.29) is 5.92 Å². The Bertz CT molecular complexity index is 309. The fourth-order valence-electron chi connectivity index (χ4n) is 1.70. The van der Waals surface area contributed by atoms with Crippen LogP contribution in [0.1, 0.15) is 32.8 Å². The molecule has 1 aromatic rings. The minimum Gasteiger partial charge on any atom is -0.385 e. The first-order valence-corrected chi connectivity index (χ1v) is 5.78. The molecule has 0 aliphatic heterocycles. The molecule has 0 aliphatic carbocycles. The molecule has 0 aromatic heterocycles. The van der Waals surface area contributed by atoms with Gasteiger partial charge >= 0.3 is 0 Å². The van der Waals surface area contributed by atoms with E-state index in [0.717, 1.165) is 16.5 Å². The summed E-state index contributed by atoms with van der Waals surface area (Å²) in [7, 11) is 0. The normalized spacial score (nSPS) is 15.6. The summed E-state index contributed by atoms with van der Waals surface area (Å²) >= 11 is 3.42. The fourth-order valence-corrected chi connectivity index (χ4v) is 2.10. The fraction of sp³-hybridized carbons (Fsp3) is 0.500. The van der Waals surface area contributed by atoms with Crippen molar-refractivity contribution in [1.29, 1.82) is 0 Å². The number of rotatable bonds is 3. The van der Waals surface area contributed by atoms with Crippen molar-refractivity contribution in [2.24, 2.45) is 5.92 Å². The lowest BCUT2D eigenvalue weighted by atomic mass is 9.81. The van der Waals surface area contributed by atoms with Gasteiger partial charge in [0.05, 0.1) is 5.60 Å². The molecule has 1 unspecified atom stereocenters. The average Bonchev–Trinajstić information content (AvgIpc) is 2.16. The van der Waals surface area contributed by atoms with Crippen LogP contribution in [0.25, 0.3) is 0 Å². The van der Waals surface area contributed by atoms with Crippen LogP contribution < -0.4 is 0 Å². The molecule has 0 amide bonds. The zero-order chi connectivity index (χ0) is 10.8. The lowest BCUT2D eigenvalue weighted by Gasteiger charge is -2.31. The largest absolute Gasteiger partial charge is 0.385 e. The summed E-state index contributed by atoms with van der Waals surface area (Å²) in [5.74, 6) is 0.224. The van der Waals surface area contributed by atoms with Crippen LogP contribution in [0.3, 0.4) is 0 Å². The third-order valence-corrected chi connectivity index (χ3v) is 3.31. The van der Waals surface area contributed by atoms with E-state index in [1.807, 2.05) is 45.0 Å². The van der Waals surface area contributed by atoms with E-state index in [9.17, 15) is 5.11 Å². The van der Waals surface area contributed by atoms with Gasteiger partial charge in [0.25, 0.3) is 0 Å². The smallest absolute Gasteiger partial charge is 0.0917 e. The van der Waals surface area contributed by atoms with Gasteiger partial charge in [0, 0.05) is 4.47 Å². The van der Waals surface area contributed by atoms with Gasteiger partial charge in [0.2, 0.25) is 0 Å². The lowest BCUT2D eigenvalue weighted by molar-refractivity contribution is -0.0140. The molecule has 1 nitrogen and oxygen atoms in total. The summed E-state index contributed by atoms with van der Waals surface area (Å²) in [6.07, 6.45) is 0.737. The second-order valence-electron chi connectivity index (χ2n) is 3.94. The molecule has 0 saturated carbocycles. The molecular weight excluding hydrogens is 240 g/mol. The van der Waals surface area contributed by atoms with Crippen molar-refractivity contribution < 1.29 is 5.11 Å². The van der Waals surface area contributed by atoms with E-state index < -0.39 is 5.60 Å². The SMILES string of the molecule is CCC(O)(c1cccc(Br)c1)C(C)C. The molecule has 0 bridgehead atoms. The van der Waals surface area contributed by atoms with E-state index in [0.29, 0.717) is 0 Å². The van der Waals surface area contributed by atoms with Gasteiger partial charge in [-0.3, -0.25) is 0 Å². The molecule has 0 spiro atoms. The number of benzene rings is 1. The van der Waals surface area contributed by atoms with Crippen LogP contribution in [-0.4, -0.2) is 5.11 Å². The van der Waals surface area contributed by atoms with E-state index >= 15 is 0 Å². The third kappa shape index (κ3) is 2.18. The van der Waals surface area contributed by atoms with Crippen LogP contribution in [0, 0.1) is 5.92 Å². The second-order valence-corrected chi connectivity index (χ2v) is 4.86. The van der Waals surface area contributed by atoms with Crippen molar-refractivity contribution in [3.8, 4) is 0 Å². The average molecular weight is 257 g/mol. The Morgan fingerprint density at radius 2 is 2.07 bits per heavy atom. The third-order valence-electron chi connectivity index (χ3n) is 2.82. The van der Waals surface area contributed by atoms with Crippen molar-refractivity contribution in [3.05, 3.63) is 34.3 Å². The van der Waals surface area contributed by atoms with Crippen molar-refractivity contribution in [2.75, 3.05) is 0 Å². The first-order valence-electron chi connectivity index (χ1n) is 4.99. The minimum atomic E-state index is -0.705. The maximum absolute atomic E-state index is 10.5. The first kappa shape index (κ1) is 11.7. The van der Waals surface area contributed by atoms with Gasteiger partial charge in [-0.15, -0.1) is 0 Å². The summed E-state index contributed by atoms with van der Waals surface area (Å²) in [5.41, 5.74) is 0.286. The van der Waals surface area contributed by atoms with E-state index in [4.69, 9.17) is 0 Å². The van der Waals surface area contributed by atoms with Gasteiger partial charge in [-0.2, -0.15) is 0 Å². The minimum absolute atomic E-state index is 0.224. The number of aliphatic hydroxyl groups is 1. The summed E-state index contributed by atoms with van der Waals surface area (Å²) in [6.45, 7) is 6.11. The van der Waals surface area contributed by atoms with Crippen LogP contribution in [0.15, 0.2) is 28.7 Å². The molecule has 14 heavy (non-hydrogen) atoms. The topological polar surface area (TPSA) is 20.2 Å². The Morgan fingerprint density at radius 1 is 1.43 bits per heavy atom. The molecule has 1 N–H and O–H groups in total. The number of hydrogen-bond donors (Lipinski definition) is 1. The van der Waals surface area contributed by atoms with Crippen molar-refractivity contribution >= 4 is 15.9 Å². The Labute approximate surface area is 94.3 Å². The van der Waals surface area contributed by atoms with Gasteiger partial charge < -0.3 is 5.11 Å². The Morgan fingerprint density at radius 3 is 2.50 bits per heavy atom. The van der Waals surface area contributed by atoms with Crippen molar-refractivity contribution in [3.63, 3.8) is 0 Å².